The van der Waals surface area contributed by atoms with Crippen LogP contribution in [0.4, 0.5) is 4.79 Å². The van der Waals surface area contributed by atoms with Crippen LogP contribution in [-0.4, -0.2) is 11.6 Å². The number of halogens is 1. The standard InChI is InChI=1S/C12H16ClNO2/c1-12(2,3)14-11(15)16-8-9-5-4-6-10(13)7-9/h4-7H,8H2,1-3H3,(H,14,15). The Kier molecular flexibility index (Phi) is 4.19. The first-order valence-corrected chi connectivity index (χ1v) is 5.44. The van der Waals surface area contributed by atoms with Gasteiger partial charge in [-0.05, 0) is 38.5 Å². The summed E-state index contributed by atoms with van der Waals surface area (Å²) in [5.74, 6) is 0. The monoisotopic (exact) mass is 241 g/mol. The molecule has 0 radical (unpaired) electrons. The first-order valence-electron chi connectivity index (χ1n) is 5.06. The molecule has 0 aromatic heterocycles. The van der Waals surface area contributed by atoms with Gasteiger partial charge in [-0.25, -0.2) is 4.79 Å². The highest BCUT2D eigenvalue weighted by Crippen LogP contribution is 2.11. The third kappa shape index (κ3) is 5.03. The zero-order chi connectivity index (χ0) is 12.2. The maximum atomic E-state index is 11.4. The molecule has 1 N–H and O–H groups in total. The van der Waals surface area contributed by atoms with Gasteiger partial charge in [-0.1, -0.05) is 23.7 Å². The van der Waals surface area contributed by atoms with Crippen LogP contribution in [0.5, 0.6) is 0 Å². The number of hydrogen-bond donors (Lipinski definition) is 1. The van der Waals surface area contributed by atoms with E-state index in [0.29, 0.717) is 5.02 Å². The lowest BCUT2D eigenvalue weighted by Gasteiger charge is -2.19. The molecule has 0 spiro atoms. The van der Waals surface area contributed by atoms with Gasteiger partial charge in [-0.3, -0.25) is 0 Å². The topological polar surface area (TPSA) is 38.3 Å². The van der Waals surface area contributed by atoms with Gasteiger partial charge in [0.25, 0.3) is 0 Å². The molecule has 1 aromatic carbocycles. The third-order valence-corrected chi connectivity index (χ3v) is 1.97. The zero-order valence-corrected chi connectivity index (χ0v) is 10.5. The van der Waals surface area contributed by atoms with E-state index >= 15 is 0 Å². The van der Waals surface area contributed by atoms with E-state index in [1.54, 1.807) is 12.1 Å². The van der Waals surface area contributed by atoms with Crippen molar-refractivity contribution in [1.29, 1.82) is 0 Å². The van der Waals surface area contributed by atoms with Gasteiger partial charge in [-0.2, -0.15) is 0 Å². The van der Waals surface area contributed by atoms with E-state index in [0.717, 1.165) is 5.56 Å². The van der Waals surface area contributed by atoms with E-state index in [1.807, 2.05) is 32.9 Å². The van der Waals surface area contributed by atoms with Crippen LogP contribution in [0.15, 0.2) is 24.3 Å². The molecule has 0 heterocycles. The highest BCUT2D eigenvalue weighted by molar-refractivity contribution is 6.30. The van der Waals surface area contributed by atoms with Crippen molar-refractivity contribution in [3.8, 4) is 0 Å². The molecule has 0 saturated heterocycles. The van der Waals surface area contributed by atoms with E-state index in [1.165, 1.54) is 0 Å². The molecule has 1 rings (SSSR count). The Balaban J connectivity index is 2.43. The molecule has 0 atom stereocenters. The maximum Gasteiger partial charge on any atom is 0.407 e. The predicted octanol–water partition coefficient (Wildman–Crippen LogP) is 3.36. The van der Waals surface area contributed by atoms with Crippen LogP contribution in [0.1, 0.15) is 26.3 Å². The first kappa shape index (κ1) is 12.8. The minimum Gasteiger partial charge on any atom is -0.445 e. The summed E-state index contributed by atoms with van der Waals surface area (Å²) >= 11 is 5.81. The summed E-state index contributed by atoms with van der Waals surface area (Å²) in [6, 6.07) is 7.23. The van der Waals surface area contributed by atoms with Gasteiger partial charge in [0.2, 0.25) is 0 Å². The molecule has 16 heavy (non-hydrogen) atoms. The fraction of sp³-hybridized carbons (Fsp3) is 0.417. The zero-order valence-electron chi connectivity index (χ0n) is 9.71. The van der Waals surface area contributed by atoms with E-state index < -0.39 is 6.09 Å². The Morgan fingerprint density at radius 3 is 2.69 bits per heavy atom. The Bertz CT molecular complexity index is 372. The van der Waals surface area contributed by atoms with Crippen LogP contribution in [0, 0.1) is 0 Å². The molecule has 0 unspecified atom stereocenters. The SMILES string of the molecule is CC(C)(C)NC(=O)OCc1cccc(Cl)c1. The third-order valence-electron chi connectivity index (χ3n) is 1.74. The quantitative estimate of drug-likeness (QED) is 0.862. The minimum absolute atomic E-state index is 0.225. The van der Waals surface area contributed by atoms with Crippen molar-refractivity contribution in [2.24, 2.45) is 0 Å². The number of ether oxygens (including phenoxy) is 1. The van der Waals surface area contributed by atoms with Gasteiger partial charge in [0.05, 0.1) is 0 Å². The fourth-order valence-corrected chi connectivity index (χ4v) is 1.33. The summed E-state index contributed by atoms with van der Waals surface area (Å²) in [6.07, 6.45) is -0.424. The second kappa shape index (κ2) is 5.21. The fourth-order valence-electron chi connectivity index (χ4n) is 1.12. The summed E-state index contributed by atoms with van der Waals surface area (Å²) < 4.78 is 5.05. The molecular weight excluding hydrogens is 226 g/mol. The Morgan fingerprint density at radius 1 is 1.44 bits per heavy atom. The summed E-state index contributed by atoms with van der Waals surface area (Å²) in [6.45, 7) is 5.91. The largest absolute Gasteiger partial charge is 0.445 e. The molecule has 0 aliphatic rings. The highest BCUT2D eigenvalue weighted by Gasteiger charge is 2.14. The number of nitrogens with one attached hydrogen (secondary N) is 1. The maximum absolute atomic E-state index is 11.4. The molecule has 0 fully saturated rings. The molecule has 1 aromatic rings. The summed E-state index contributed by atoms with van der Waals surface area (Å²) in [4.78, 5) is 11.4. The molecule has 0 aliphatic carbocycles. The van der Waals surface area contributed by atoms with Crippen molar-refractivity contribution in [2.45, 2.75) is 32.9 Å². The lowest BCUT2D eigenvalue weighted by Crippen LogP contribution is -2.40. The van der Waals surface area contributed by atoms with Crippen LogP contribution < -0.4 is 5.32 Å². The number of rotatable bonds is 2. The van der Waals surface area contributed by atoms with Crippen LogP contribution in [0.3, 0.4) is 0 Å². The van der Waals surface area contributed by atoms with Gasteiger partial charge >= 0.3 is 6.09 Å². The van der Waals surface area contributed by atoms with E-state index in [2.05, 4.69) is 5.32 Å². The average Bonchev–Trinajstić information content (AvgIpc) is 2.12. The smallest absolute Gasteiger partial charge is 0.407 e. The van der Waals surface area contributed by atoms with Crippen molar-refractivity contribution < 1.29 is 9.53 Å². The molecule has 3 nitrogen and oxygen atoms in total. The number of carbonyl (C=O) groups excluding carboxylic acids is 1. The van der Waals surface area contributed by atoms with Crippen LogP contribution >= 0.6 is 11.6 Å². The Morgan fingerprint density at radius 2 is 2.12 bits per heavy atom. The molecule has 1 amide bonds. The molecule has 88 valence electrons. The van der Waals surface area contributed by atoms with Gasteiger partial charge in [0, 0.05) is 10.6 Å². The van der Waals surface area contributed by atoms with Gasteiger partial charge < -0.3 is 10.1 Å². The van der Waals surface area contributed by atoms with Gasteiger partial charge in [0.1, 0.15) is 6.61 Å². The van der Waals surface area contributed by atoms with Crippen molar-refractivity contribution in [1.82, 2.24) is 5.32 Å². The van der Waals surface area contributed by atoms with Crippen LogP contribution in [-0.2, 0) is 11.3 Å². The second-order valence-electron chi connectivity index (χ2n) is 4.58. The second-order valence-corrected chi connectivity index (χ2v) is 5.02. The predicted molar refractivity (Wildman–Crippen MR) is 64.5 cm³/mol. The normalized spacial score (nSPS) is 11.0. The number of amides is 1. The van der Waals surface area contributed by atoms with Crippen LogP contribution in [0.25, 0.3) is 0 Å². The van der Waals surface area contributed by atoms with Gasteiger partial charge in [-0.15, -0.1) is 0 Å². The van der Waals surface area contributed by atoms with E-state index in [-0.39, 0.29) is 12.1 Å². The van der Waals surface area contributed by atoms with Crippen LogP contribution in [0.2, 0.25) is 5.02 Å². The average molecular weight is 242 g/mol. The summed E-state index contributed by atoms with van der Waals surface area (Å²) in [5.41, 5.74) is 0.586. The highest BCUT2D eigenvalue weighted by atomic mass is 35.5. The number of alkyl carbamates (subject to hydrolysis) is 1. The Labute approximate surface area is 101 Å². The molecule has 4 heteroatoms. The van der Waals surface area contributed by atoms with Crippen molar-refractivity contribution in [3.05, 3.63) is 34.9 Å². The lowest BCUT2D eigenvalue weighted by atomic mass is 10.1. The number of hydrogen-bond acceptors (Lipinski definition) is 2. The minimum atomic E-state index is -0.424. The van der Waals surface area contributed by atoms with E-state index in [9.17, 15) is 4.79 Å². The molecule has 0 saturated carbocycles. The summed E-state index contributed by atoms with van der Waals surface area (Å²) in [5, 5.41) is 3.35. The lowest BCUT2D eigenvalue weighted by molar-refractivity contribution is 0.131. The Hall–Kier alpha value is -1.22. The molecule has 0 bridgehead atoms. The number of benzene rings is 1. The van der Waals surface area contributed by atoms with Crippen molar-refractivity contribution >= 4 is 17.7 Å². The summed E-state index contributed by atoms with van der Waals surface area (Å²) in [7, 11) is 0. The van der Waals surface area contributed by atoms with E-state index in [4.69, 9.17) is 16.3 Å². The van der Waals surface area contributed by atoms with Crippen molar-refractivity contribution in [2.75, 3.05) is 0 Å². The molecule has 0 aliphatic heterocycles. The molecular formula is C12H16ClNO2. The number of carbonyl (C=O) groups is 1. The van der Waals surface area contributed by atoms with Gasteiger partial charge in [0.15, 0.2) is 0 Å². The first-order chi connectivity index (χ1) is 7.37. The van der Waals surface area contributed by atoms with Crippen molar-refractivity contribution in [3.63, 3.8) is 0 Å².